The number of alkyl halides is 1. The summed E-state index contributed by atoms with van der Waals surface area (Å²) in [6, 6.07) is 0. The molecule has 0 atom stereocenters. The van der Waals surface area contributed by atoms with Gasteiger partial charge in [-0.15, -0.1) is 23.4 Å². The number of hydrogen-bond donors (Lipinski definition) is 3. The molecule has 0 aliphatic heterocycles. The maximum Gasteiger partial charge on any atom is 0.166 e. The first kappa shape index (κ1) is 17.1. The number of thioether (sulfide) groups is 1. The molecule has 102 valence electrons. The average Bonchev–Trinajstić information content (AvgIpc) is 2.33. The number of allylic oxidation sites excluding steroid dienone is 2. The van der Waals surface area contributed by atoms with Crippen molar-refractivity contribution < 1.29 is 0 Å². The predicted octanol–water partition coefficient (Wildman–Crippen LogP) is 1.56. The van der Waals surface area contributed by atoms with Crippen LogP contribution in [0.1, 0.15) is 6.42 Å². The summed E-state index contributed by atoms with van der Waals surface area (Å²) in [5, 5.41) is 2.04. The molecule has 18 heavy (non-hydrogen) atoms. The number of rotatable bonds is 8. The number of aliphatic imine (C=N–C) groups is 1. The molecule has 7 heteroatoms. The lowest BCUT2D eigenvalue weighted by atomic mass is 10.3. The molecular weight excluding hydrogens is 270 g/mol. The van der Waals surface area contributed by atoms with Gasteiger partial charge in [-0.1, -0.05) is 19.2 Å². The van der Waals surface area contributed by atoms with Crippen LogP contribution in [0.15, 0.2) is 41.0 Å². The van der Waals surface area contributed by atoms with E-state index >= 15 is 0 Å². The highest BCUT2D eigenvalue weighted by atomic mass is 35.5. The molecule has 0 aliphatic carbocycles. The highest BCUT2D eigenvalue weighted by Crippen LogP contribution is 2.17. The van der Waals surface area contributed by atoms with Crippen molar-refractivity contribution in [1.29, 1.82) is 0 Å². The third-order valence-electron chi connectivity index (χ3n) is 1.82. The molecular formula is C11H20ClN5S. The van der Waals surface area contributed by atoms with Gasteiger partial charge in [0.05, 0.1) is 10.7 Å². The molecule has 0 aromatic rings. The minimum absolute atomic E-state index is 0.434. The van der Waals surface area contributed by atoms with Gasteiger partial charge >= 0.3 is 0 Å². The van der Waals surface area contributed by atoms with E-state index in [4.69, 9.17) is 23.3 Å². The van der Waals surface area contributed by atoms with Gasteiger partial charge in [0.15, 0.2) is 5.84 Å². The lowest BCUT2D eigenvalue weighted by molar-refractivity contribution is 0.460. The quantitative estimate of drug-likeness (QED) is 0.120. The molecule has 0 aromatic carbocycles. The van der Waals surface area contributed by atoms with Gasteiger partial charge in [0.1, 0.15) is 0 Å². The summed E-state index contributed by atoms with van der Waals surface area (Å²) in [6.45, 7) is 7.46. The third-order valence-corrected chi connectivity index (χ3v) is 3.00. The van der Waals surface area contributed by atoms with E-state index in [0.29, 0.717) is 22.4 Å². The Morgan fingerprint density at radius 3 is 2.72 bits per heavy atom. The fraction of sp³-hybridized carbons (Fsp3) is 0.364. The summed E-state index contributed by atoms with van der Waals surface area (Å²) in [5.74, 6) is 13.0. The maximum atomic E-state index is 5.68. The number of likely N-dealkylation sites (N-methyl/N-ethyl adjacent to an activating group) is 1. The Bertz CT molecular complexity index is 338. The molecule has 0 bridgehead atoms. The first-order valence-corrected chi connectivity index (χ1v) is 6.83. The van der Waals surface area contributed by atoms with Gasteiger partial charge in [0, 0.05) is 18.7 Å². The van der Waals surface area contributed by atoms with Crippen LogP contribution in [-0.4, -0.2) is 29.5 Å². The zero-order valence-corrected chi connectivity index (χ0v) is 12.1. The average molecular weight is 290 g/mol. The number of hydrogen-bond acceptors (Lipinski definition) is 5. The topological polar surface area (TPSA) is 79.7 Å². The second-order valence-electron chi connectivity index (χ2n) is 3.29. The van der Waals surface area contributed by atoms with E-state index in [1.807, 2.05) is 0 Å². The molecule has 0 fully saturated rings. The Hall–Kier alpha value is -0.950. The van der Waals surface area contributed by atoms with Crippen molar-refractivity contribution in [2.24, 2.45) is 16.7 Å². The third kappa shape index (κ3) is 6.70. The van der Waals surface area contributed by atoms with Crippen molar-refractivity contribution >= 4 is 29.2 Å². The molecule has 0 amide bonds. The van der Waals surface area contributed by atoms with Gasteiger partial charge < -0.3 is 10.4 Å². The van der Waals surface area contributed by atoms with Crippen molar-refractivity contribution in [1.82, 2.24) is 10.4 Å². The molecule has 0 unspecified atom stereocenters. The minimum atomic E-state index is 0.434. The molecule has 0 saturated carbocycles. The maximum absolute atomic E-state index is 5.68. The van der Waals surface area contributed by atoms with Crippen LogP contribution in [-0.2, 0) is 0 Å². The zero-order chi connectivity index (χ0) is 14.0. The fourth-order valence-electron chi connectivity index (χ4n) is 1.04. The van der Waals surface area contributed by atoms with Crippen molar-refractivity contribution in [3.8, 4) is 0 Å². The molecule has 0 rings (SSSR count). The summed E-state index contributed by atoms with van der Waals surface area (Å²) in [4.78, 5) is 4.28. The molecule has 0 heterocycles. The lowest BCUT2D eigenvalue weighted by Gasteiger charge is -2.18. The van der Waals surface area contributed by atoms with Crippen LogP contribution < -0.4 is 17.1 Å². The van der Waals surface area contributed by atoms with Crippen molar-refractivity contribution in [3.05, 3.63) is 36.0 Å². The minimum Gasteiger partial charge on any atom is -0.311 e. The van der Waals surface area contributed by atoms with Gasteiger partial charge in [-0.05, 0) is 12.5 Å². The summed E-state index contributed by atoms with van der Waals surface area (Å²) < 4.78 is 0. The Kier molecular flexibility index (Phi) is 9.49. The Balaban J connectivity index is 4.77. The standard InChI is InChI=1S/C11H20ClN5S/c1-4-6-10(17(3)14)11(16-13)15-9(2)18-8-5-7-12/h4,6H,1-2,5,7-8,13-14H2,3H3,(H,15,16)/b10-6-. The highest BCUT2D eigenvalue weighted by Gasteiger charge is 2.08. The molecule has 0 saturated heterocycles. The van der Waals surface area contributed by atoms with Gasteiger partial charge in [-0.25, -0.2) is 16.7 Å². The second kappa shape index (κ2) is 10.0. The summed E-state index contributed by atoms with van der Waals surface area (Å²) >= 11 is 7.11. The molecule has 0 spiro atoms. The predicted molar refractivity (Wildman–Crippen MR) is 81.9 cm³/mol. The SMILES string of the molecule is C=C/C=C(/C(=NC(=C)SCCCCl)NN)N(C)N. The number of halogens is 1. The largest absolute Gasteiger partial charge is 0.311 e. The number of nitrogens with zero attached hydrogens (tertiary/aromatic N) is 2. The molecule has 0 radical (unpaired) electrons. The van der Waals surface area contributed by atoms with Crippen LogP contribution in [0.2, 0.25) is 0 Å². The van der Waals surface area contributed by atoms with Gasteiger partial charge in [-0.3, -0.25) is 0 Å². The molecule has 5 N–H and O–H groups in total. The number of nitrogens with one attached hydrogen (secondary N) is 1. The van der Waals surface area contributed by atoms with Crippen LogP contribution in [0, 0.1) is 0 Å². The first-order chi connectivity index (χ1) is 8.56. The monoisotopic (exact) mass is 289 g/mol. The van der Waals surface area contributed by atoms with Gasteiger partial charge in [0.2, 0.25) is 0 Å². The molecule has 0 aliphatic rings. The molecule has 0 aromatic heterocycles. The molecule has 5 nitrogen and oxygen atoms in total. The van der Waals surface area contributed by atoms with E-state index < -0.39 is 0 Å². The second-order valence-corrected chi connectivity index (χ2v) is 4.83. The van der Waals surface area contributed by atoms with Crippen LogP contribution in [0.4, 0.5) is 0 Å². The Morgan fingerprint density at radius 2 is 2.28 bits per heavy atom. The first-order valence-electron chi connectivity index (χ1n) is 5.31. The lowest BCUT2D eigenvalue weighted by Crippen LogP contribution is -2.39. The summed E-state index contributed by atoms with van der Waals surface area (Å²) in [6.07, 6.45) is 4.21. The number of hydrazine groups is 2. The van der Waals surface area contributed by atoms with Crippen LogP contribution in [0.3, 0.4) is 0 Å². The highest BCUT2D eigenvalue weighted by molar-refractivity contribution is 8.03. The van der Waals surface area contributed by atoms with Gasteiger partial charge in [0.25, 0.3) is 0 Å². The smallest absolute Gasteiger partial charge is 0.166 e. The van der Waals surface area contributed by atoms with E-state index in [1.54, 1.807) is 19.2 Å². The van der Waals surface area contributed by atoms with Crippen LogP contribution in [0.5, 0.6) is 0 Å². The summed E-state index contributed by atoms with van der Waals surface area (Å²) in [7, 11) is 1.69. The zero-order valence-electron chi connectivity index (χ0n) is 10.5. The Labute approximate surface area is 118 Å². The number of nitrogens with two attached hydrogens (primary N) is 2. The fourth-order valence-corrected chi connectivity index (χ4v) is 2.01. The summed E-state index contributed by atoms with van der Waals surface area (Å²) in [5.41, 5.74) is 3.12. The van der Waals surface area contributed by atoms with Crippen LogP contribution in [0.25, 0.3) is 0 Å². The van der Waals surface area contributed by atoms with E-state index in [2.05, 4.69) is 23.6 Å². The van der Waals surface area contributed by atoms with Crippen molar-refractivity contribution in [3.63, 3.8) is 0 Å². The van der Waals surface area contributed by atoms with E-state index in [0.717, 1.165) is 12.2 Å². The Morgan fingerprint density at radius 1 is 1.61 bits per heavy atom. The van der Waals surface area contributed by atoms with Gasteiger partial charge in [-0.2, -0.15) is 0 Å². The van der Waals surface area contributed by atoms with Crippen molar-refractivity contribution in [2.75, 3.05) is 18.7 Å². The van der Waals surface area contributed by atoms with E-state index in [-0.39, 0.29) is 0 Å². The van der Waals surface area contributed by atoms with Crippen molar-refractivity contribution in [2.45, 2.75) is 6.42 Å². The normalized spacial score (nSPS) is 12.2. The van der Waals surface area contributed by atoms with E-state index in [1.165, 1.54) is 16.8 Å². The van der Waals surface area contributed by atoms with Crippen LogP contribution >= 0.6 is 23.4 Å². The van der Waals surface area contributed by atoms with E-state index in [9.17, 15) is 0 Å². The number of amidine groups is 1.